The molecule has 1 spiro atoms. The van der Waals surface area contributed by atoms with Crippen LogP contribution in [-0.2, 0) is 29.9 Å². The quantitative estimate of drug-likeness (QED) is 0.422. The molecule has 7 aliphatic rings. The molecule has 7 bridgehead atoms. The second-order valence-corrected chi connectivity index (χ2v) is 13.2. The third-order valence-electron chi connectivity index (χ3n) is 12.2. The molecule has 3 heterocycles. The first-order valence-corrected chi connectivity index (χ1v) is 15.2. The summed E-state index contributed by atoms with van der Waals surface area (Å²) in [5.74, 6) is 1.13. The van der Waals surface area contributed by atoms with Crippen LogP contribution in [0.5, 0.6) is 11.5 Å². The van der Waals surface area contributed by atoms with Crippen molar-refractivity contribution in [2.75, 3.05) is 27.3 Å². The lowest BCUT2D eigenvalue weighted by atomic mass is 9.59. The van der Waals surface area contributed by atoms with Crippen LogP contribution in [-0.4, -0.2) is 51.7 Å². The van der Waals surface area contributed by atoms with Crippen molar-refractivity contribution in [3.63, 3.8) is 0 Å². The van der Waals surface area contributed by atoms with Crippen molar-refractivity contribution in [1.82, 2.24) is 10.6 Å². The molecule has 8 heteroatoms. The molecule has 2 saturated heterocycles. The van der Waals surface area contributed by atoms with Crippen LogP contribution >= 0.6 is 0 Å². The molecule has 4 aliphatic carbocycles. The first kappa shape index (κ1) is 25.6. The fraction of sp³-hybridized carbons (Fsp3) is 0.429. The summed E-state index contributed by atoms with van der Waals surface area (Å²) in [4.78, 5) is 26.1. The zero-order chi connectivity index (χ0) is 29.1. The van der Waals surface area contributed by atoms with Gasteiger partial charge in [0.15, 0.2) is 12.5 Å². The highest BCUT2D eigenvalue weighted by Crippen LogP contribution is 2.82. The molecular formula is C35H34N2O6. The van der Waals surface area contributed by atoms with Crippen molar-refractivity contribution < 1.29 is 28.5 Å². The van der Waals surface area contributed by atoms with Gasteiger partial charge in [-0.05, 0) is 64.5 Å². The first-order chi connectivity index (χ1) is 21.0. The van der Waals surface area contributed by atoms with Crippen LogP contribution < -0.4 is 20.1 Å². The van der Waals surface area contributed by atoms with Gasteiger partial charge in [0, 0.05) is 47.9 Å². The number of hydrogen-bond acceptors (Lipinski definition) is 8. The van der Waals surface area contributed by atoms with E-state index in [1.807, 2.05) is 12.1 Å². The zero-order valence-electron chi connectivity index (χ0n) is 24.1. The predicted molar refractivity (Wildman–Crippen MR) is 156 cm³/mol. The van der Waals surface area contributed by atoms with Gasteiger partial charge in [-0.3, -0.25) is 10.6 Å². The molecule has 2 aromatic carbocycles. The number of rotatable bonds is 4. The van der Waals surface area contributed by atoms with Crippen LogP contribution in [0.4, 0.5) is 0 Å². The molecule has 2 saturated carbocycles. The smallest absolute Gasteiger partial charge is 0.332 e. The number of carbonyl (C=O) groups excluding carboxylic acids is 2. The summed E-state index contributed by atoms with van der Waals surface area (Å²) in [6.45, 7) is 1.35. The second-order valence-electron chi connectivity index (χ2n) is 13.2. The van der Waals surface area contributed by atoms with Gasteiger partial charge in [0.05, 0.1) is 14.2 Å². The van der Waals surface area contributed by atoms with E-state index in [1.54, 1.807) is 14.2 Å². The van der Waals surface area contributed by atoms with Crippen LogP contribution in [0.15, 0.2) is 85.0 Å². The van der Waals surface area contributed by atoms with Gasteiger partial charge in [-0.2, -0.15) is 0 Å². The van der Waals surface area contributed by atoms with Gasteiger partial charge < -0.3 is 18.9 Å². The van der Waals surface area contributed by atoms with Gasteiger partial charge in [-0.25, -0.2) is 9.59 Å². The molecule has 10 atom stereocenters. The first-order valence-electron chi connectivity index (χ1n) is 15.2. The van der Waals surface area contributed by atoms with Crippen LogP contribution in [0, 0.1) is 40.9 Å². The minimum Gasteiger partial charge on any atom is -0.497 e. The molecule has 43 heavy (non-hydrogen) atoms. The summed E-state index contributed by atoms with van der Waals surface area (Å²) in [5, 5.41) is 7.21. The molecule has 4 fully saturated rings. The number of hydrogen-bond donors (Lipinski definition) is 2. The lowest BCUT2D eigenvalue weighted by Crippen LogP contribution is -2.47. The lowest BCUT2D eigenvalue weighted by molar-refractivity contribution is -0.149. The third-order valence-corrected chi connectivity index (χ3v) is 12.2. The van der Waals surface area contributed by atoms with Crippen LogP contribution in [0.25, 0.3) is 0 Å². The Morgan fingerprint density at radius 2 is 1.16 bits per heavy atom. The van der Waals surface area contributed by atoms with Gasteiger partial charge in [0.1, 0.15) is 11.5 Å². The minimum absolute atomic E-state index is 0.00169. The summed E-state index contributed by atoms with van der Waals surface area (Å²) in [6.07, 6.45) is 11.1. The maximum atomic E-state index is 13.1. The van der Waals surface area contributed by atoms with E-state index >= 15 is 0 Å². The molecular weight excluding hydrogens is 544 g/mol. The highest BCUT2D eigenvalue weighted by molar-refractivity contribution is 5.92. The molecule has 0 aromatic heterocycles. The fourth-order valence-corrected chi connectivity index (χ4v) is 11.2. The Balaban J connectivity index is 1.30. The van der Waals surface area contributed by atoms with Crippen molar-refractivity contribution >= 4 is 11.9 Å². The van der Waals surface area contributed by atoms with E-state index in [9.17, 15) is 9.59 Å². The highest BCUT2D eigenvalue weighted by Gasteiger charge is 2.84. The largest absolute Gasteiger partial charge is 0.497 e. The Morgan fingerprint density at radius 1 is 0.698 bits per heavy atom. The molecule has 220 valence electrons. The number of carbonyl (C=O) groups is 2. The third kappa shape index (κ3) is 2.89. The summed E-state index contributed by atoms with van der Waals surface area (Å²) >= 11 is 0. The average Bonchev–Trinajstić information content (AvgIpc) is 3.87. The SMILES string of the molecule is COc1cccc(C23CNC4OC(=O)/C=C\C(=O)OC5NCC6(c7cccc(OC)c7)C5C5C=CC6C56C(C=CC26)C43)c1. The summed E-state index contributed by atoms with van der Waals surface area (Å²) in [7, 11) is 3.40. The molecule has 9 rings (SSSR count). The van der Waals surface area contributed by atoms with Crippen LogP contribution in [0.1, 0.15) is 11.1 Å². The van der Waals surface area contributed by atoms with Crippen LogP contribution in [0.2, 0.25) is 0 Å². The minimum atomic E-state index is -0.549. The number of allylic oxidation sites excluding steroid dienone is 4. The Labute approximate surface area is 250 Å². The molecule has 10 unspecified atom stereocenters. The average molecular weight is 579 g/mol. The van der Waals surface area contributed by atoms with E-state index in [1.165, 1.54) is 23.3 Å². The van der Waals surface area contributed by atoms with Gasteiger partial charge in [-0.1, -0.05) is 48.6 Å². The Bertz CT molecular complexity index is 1530. The monoisotopic (exact) mass is 578 g/mol. The van der Waals surface area contributed by atoms with E-state index in [0.29, 0.717) is 13.1 Å². The number of esters is 2. The second kappa shape index (κ2) is 8.61. The molecule has 2 N–H and O–H groups in total. The van der Waals surface area contributed by atoms with Gasteiger partial charge >= 0.3 is 11.9 Å². The molecule has 0 amide bonds. The van der Waals surface area contributed by atoms with Gasteiger partial charge in [0.2, 0.25) is 0 Å². The molecule has 8 nitrogen and oxygen atoms in total. The van der Waals surface area contributed by atoms with Crippen molar-refractivity contribution in [1.29, 1.82) is 0 Å². The lowest BCUT2D eigenvalue weighted by Gasteiger charge is -2.44. The van der Waals surface area contributed by atoms with Gasteiger partial charge in [-0.15, -0.1) is 0 Å². The molecule has 3 aliphatic heterocycles. The van der Waals surface area contributed by atoms with Crippen molar-refractivity contribution in [2.45, 2.75) is 23.3 Å². The number of fused-ring (bicyclic) bond motifs is 2. The Morgan fingerprint density at radius 3 is 1.60 bits per heavy atom. The summed E-state index contributed by atoms with van der Waals surface area (Å²) in [5.41, 5.74) is 1.60. The maximum Gasteiger partial charge on any atom is 0.332 e. The number of nitrogens with one attached hydrogen (secondary N) is 2. The van der Waals surface area contributed by atoms with E-state index in [0.717, 1.165) is 11.5 Å². The summed E-state index contributed by atoms with van der Waals surface area (Å²) < 4.78 is 23.7. The Hall–Kier alpha value is -3.88. The summed E-state index contributed by atoms with van der Waals surface area (Å²) in [6, 6.07) is 16.9. The number of methoxy groups -OCH3 is 2. The topological polar surface area (TPSA) is 95.1 Å². The van der Waals surface area contributed by atoms with E-state index < -0.39 is 24.4 Å². The maximum absolute atomic E-state index is 13.1. The number of ether oxygens (including phenoxy) is 4. The van der Waals surface area contributed by atoms with E-state index in [4.69, 9.17) is 18.9 Å². The van der Waals surface area contributed by atoms with E-state index in [-0.39, 0.29) is 51.8 Å². The molecule has 2 aromatic rings. The standard InChI is InChI=1S/C35H34N2O6/c1-40-21-7-3-5-19(15-21)33-17-36-31-29(33)23-9-11-25(33)35(23)24-10-12-26(35)34(20-6-4-8-22(16-20)41-2)18-37-32(30(24)34)43-28(39)14-13-27(38)42-31/h3-16,23-26,29-32,36-37H,17-18H2,1-2H3/b14-13-. The van der Waals surface area contributed by atoms with Crippen molar-refractivity contribution in [3.05, 3.63) is 96.1 Å². The zero-order valence-corrected chi connectivity index (χ0v) is 24.1. The number of benzene rings is 2. The van der Waals surface area contributed by atoms with E-state index in [2.05, 4.69) is 71.3 Å². The van der Waals surface area contributed by atoms with Gasteiger partial charge in [0.25, 0.3) is 0 Å². The fourth-order valence-electron chi connectivity index (χ4n) is 11.2. The van der Waals surface area contributed by atoms with Crippen LogP contribution in [0.3, 0.4) is 0 Å². The normalized spacial score (nSPS) is 44.9. The van der Waals surface area contributed by atoms with Crippen molar-refractivity contribution in [2.24, 2.45) is 40.9 Å². The van der Waals surface area contributed by atoms with Crippen molar-refractivity contribution in [3.8, 4) is 11.5 Å². The Kier molecular flexibility index (Phi) is 5.12. The highest BCUT2D eigenvalue weighted by atomic mass is 16.6. The predicted octanol–water partition coefficient (Wildman–Crippen LogP) is 3.24. The molecule has 0 radical (unpaired) electrons.